The van der Waals surface area contributed by atoms with Crippen LogP contribution in [0.25, 0.3) is 6.08 Å². The van der Waals surface area contributed by atoms with E-state index in [-0.39, 0.29) is 0 Å². The summed E-state index contributed by atoms with van der Waals surface area (Å²) in [5.41, 5.74) is 1.08. The van der Waals surface area contributed by atoms with Gasteiger partial charge in [0.15, 0.2) is 0 Å². The van der Waals surface area contributed by atoms with Crippen LogP contribution < -0.4 is 4.74 Å². The highest BCUT2D eigenvalue weighted by molar-refractivity contribution is 5.49. The molecule has 0 heterocycles. The Morgan fingerprint density at radius 2 is 1.71 bits per heavy atom. The van der Waals surface area contributed by atoms with E-state index in [4.69, 9.17) is 4.74 Å². The number of hydrogen-bond acceptors (Lipinski definition) is 1. The van der Waals surface area contributed by atoms with Gasteiger partial charge in [-0.15, -0.1) is 0 Å². The lowest BCUT2D eigenvalue weighted by Crippen LogP contribution is -1.81. The summed E-state index contributed by atoms with van der Waals surface area (Å²) in [6, 6.07) is 7.77. The standard InChI is InChI=1S/C9H10O.2C2H6/c1-3-8-5-4-6-9(7-8)10-2;2*1-2/h3-7H,1H2,2H3;2*1-2H3. The topological polar surface area (TPSA) is 9.23 Å². The molecule has 0 spiro atoms. The van der Waals surface area contributed by atoms with Gasteiger partial charge in [-0.25, -0.2) is 0 Å². The predicted molar refractivity (Wildman–Crippen MR) is 65.8 cm³/mol. The predicted octanol–water partition coefficient (Wildman–Crippen LogP) is 4.39. The molecule has 0 atom stereocenters. The second kappa shape index (κ2) is 11.8. The van der Waals surface area contributed by atoms with Crippen molar-refractivity contribution in [2.45, 2.75) is 27.7 Å². The van der Waals surface area contributed by atoms with Crippen molar-refractivity contribution in [3.05, 3.63) is 36.4 Å². The Morgan fingerprint density at radius 3 is 2.14 bits per heavy atom. The summed E-state index contributed by atoms with van der Waals surface area (Å²) in [6.07, 6.45) is 1.79. The van der Waals surface area contributed by atoms with E-state index in [1.54, 1.807) is 13.2 Å². The molecule has 14 heavy (non-hydrogen) atoms. The summed E-state index contributed by atoms with van der Waals surface area (Å²) in [7, 11) is 1.65. The van der Waals surface area contributed by atoms with Crippen LogP contribution in [0.1, 0.15) is 33.3 Å². The molecule has 0 aromatic heterocycles. The summed E-state index contributed by atoms with van der Waals surface area (Å²) in [5.74, 6) is 0.873. The first kappa shape index (κ1) is 15.2. The molecular formula is C13H22O. The number of ether oxygens (including phenoxy) is 1. The van der Waals surface area contributed by atoms with Crippen LogP contribution in [-0.2, 0) is 0 Å². The van der Waals surface area contributed by atoms with Crippen LogP contribution in [0.2, 0.25) is 0 Å². The van der Waals surface area contributed by atoms with Gasteiger partial charge in [0, 0.05) is 0 Å². The third-order valence-electron chi connectivity index (χ3n) is 1.33. The van der Waals surface area contributed by atoms with E-state index in [9.17, 15) is 0 Å². The Kier molecular flexibility index (Phi) is 12.8. The molecule has 0 amide bonds. The first-order valence-corrected chi connectivity index (χ1v) is 5.13. The van der Waals surface area contributed by atoms with Crippen LogP contribution >= 0.6 is 0 Å². The average molecular weight is 194 g/mol. The molecule has 1 nitrogen and oxygen atoms in total. The van der Waals surface area contributed by atoms with Gasteiger partial charge in [0.2, 0.25) is 0 Å². The normalized spacial score (nSPS) is 7.21. The molecule has 0 N–H and O–H groups in total. The van der Waals surface area contributed by atoms with E-state index in [1.165, 1.54) is 0 Å². The van der Waals surface area contributed by atoms with Gasteiger partial charge in [0.25, 0.3) is 0 Å². The quantitative estimate of drug-likeness (QED) is 0.678. The Balaban J connectivity index is 0. The molecule has 0 fully saturated rings. The molecule has 0 aliphatic rings. The van der Waals surface area contributed by atoms with Crippen molar-refractivity contribution in [2.24, 2.45) is 0 Å². The van der Waals surface area contributed by atoms with Gasteiger partial charge in [-0.1, -0.05) is 52.5 Å². The highest BCUT2D eigenvalue weighted by Crippen LogP contribution is 2.12. The zero-order valence-corrected chi connectivity index (χ0v) is 10.0. The number of hydrogen-bond donors (Lipinski definition) is 0. The summed E-state index contributed by atoms with van der Waals surface area (Å²) >= 11 is 0. The zero-order valence-electron chi connectivity index (χ0n) is 10.0. The molecule has 0 saturated carbocycles. The van der Waals surface area contributed by atoms with Crippen LogP contribution in [0.4, 0.5) is 0 Å². The minimum Gasteiger partial charge on any atom is -0.497 e. The number of benzene rings is 1. The fraction of sp³-hybridized carbons (Fsp3) is 0.385. The Morgan fingerprint density at radius 1 is 1.14 bits per heavy atom. The van der Waals surface area contributed by atoms with Crippen molar-refractivity contribution >= 4 is 6.08 Å². The minimum absolute atomic E-state index is 0.873. The lowest BCUT2D eigenvalue weighted by Gasteiger charge is -1.98. The molecule has 0 bridgehead atoms. The van der Waals surface area contributed by atoms with Crippen molar-refractivity contribution in [3.63, 3.8) is 0 Å². The third-order valence-corrected chi connectivity index (χ3v) is 1.33. The van der Waals surface area contributed by atoms with E-state index in [1.807, 2.05) is 52.0 Å². The van der Waals surface area contributed by atoms with Crippen molar-refractivity contribution in [1.29, 1.82) is 0 Å². The van der Waals surface area contributed by atoms with E-state index >= 15 is 0 Å². The largest absolute Gasteiger partial charge is 0.497 e. The molecule has 1 rings (SSSR count). The molecule has 80 valence electrons. The molecule has 0 radical (unpaired) electrons. The number of rotatable bonds is 2. The first-order valence-electron chi connectivity index (χ1n) is 5.13. The third kappa shape index (κ3) is 6.30. The van der Waals surface area contributed by atoms with Crippen molar-refractivity contribution < 1.29 is 4.74 Å². The summed E-state index contributed by atoms with van der Waals surface area (Å²) in [6.45, 7) is 11.7. The fourth-order valence-electron chi connectivity index (χ4n) is 0.768. The van der Waals surface area contributed by atoms with Gasteiger partial charge >= 0.3 is 0 Å². The van der Waals surface area contributed by atoms with Gasteiger partial charge in [-0.05, 0) is 17.7 Å². The molecule has 1 heteroatoms. The Labute approximate surface area is 88.4 Å². The second-order valence-electron chi connectivity index (χ2n) is 1.98. The molecule has 1 aromatic carbocycles. The van der Waals surface area contributed by atoms with Crippen molar-refractivity contribution in [3.8, 4) is 5.75 Å². The van der Waals surface area contributed by atoms with Crippen LogP contribution in [0, 0.1) is 0 Å². The second-order valence-corrected chi connectivity index (χ2v) is 1.98. The molecule has 0 aliphatic carbocycles. The molecule has 0 unspecified atom stereocenters. The molecule has 1 aromatic rings. The molecule has 0 aliphatic heterocycles. The fourth-order valence-corrected chi connectivity index (χ4v) is 0.768. The van der Waals surface area contributed by atoms with E-state index in [0.717, 1.165) is 11.3 Å². The van der Waals surface area contributed by atoms with Crippen LogP contribution in [0.3, 0.4) is 0 Å². The maximum Gasteiger partial charge on any atom is 0.119 e. The van der Waals surface area contributed by atoms with E-state index in [0.29, 0.717) is 0 Å². The van der Waals surface area contributed by atoms with Crippen molar-refractivity contribution in [1.82, 2.24) is 0 Å². The average Bonchev–Trinajstić information content (AvgIpc) is 2.34. The first-order chi connectivity index (χ1) is 6.86. The lowest BCUT2D eigenvalue weighted by molar-refractivity contribution is 0.414. The Hall–Kier alpha value is -1.24. The van der Waals surface area contributed by atoms with Gasteiger partial charge in [0.1, 0.15) is 5.75 Å². The Bertz CT molecular complexity index is 228. The van der Waals surface area contributed by atoms with Gasteiger partial charge < -0.3 is 4.74 Å². The smallest absolute Gasteiger partial charge is 0.119 e. The molecule has 0 saturated heterocycles. The van der Waals surface area contributed by atoms with Crippen LogP contribution in [-0.4, -0.2) is 7.11 Å². The number of methoxy groups -OCH3 is 1. The van der Waals surface area contributed by atoms with E-state index in [2.05, 4.69) is 6.58 Å². The minimum atomic E-state index is 0.873. The highest BCUT2D eigenvalue weighted by atomic mass is 16.5. The summed E-state index contributed by atoms with van der Waals surface area (Å²) < 4.78 is 5.01. The van der Waals surface area contributed by atoms with Crippen LogP contribution in [0.5, 0.6) is 5.75 Å². The van der Waals surface area contributed by atoms with Gasteiger partial charge in [0.05, 0.1) is 7.11 Å². The highest BCUT2D eigenvalue weighted by Gasteiger charge is 1.88. The monoisotopic (exact) mass is 194 g/mol. The summed E-state index contributed by atoms with van der Waals surface area (Å²) in [5, 5.41) is 0. The van der Waals surface area contributed by atoms with Gasteiger partial charge in [-0.2, -0.15) is 0 Å². The maximum atomic E-state index is 5.01. The van der Waals surface area contributed by atoms with Crippen LogP contribution in [0.15, 0.2) is 30.8 Å². The summed E-state index contributed by atoms with van der Waals surface area (Å²) in [4.78, 5) is 0. The lowest BCUT2D eigenvalue weighted by atomic mass is 10.2. The van der Waals surface area contributed by atoms with E-state index < -0.39 is 0 Å². The maximum absolute atomic E-state index is 5.01. The SMILES string of the molecule is C=Cc1cccc(OC)c1.CC.CC. The van der Waals surface area contributed by atoms with Crippen molar-refractivity contribution in [2.75, 3.05) is 7.11 Å². The molecular weight excluding hydrogens is 172 g/mol. The van der Waals surface area contributed by atoms with Gasteiger partial charge in [-0.3, -0.25) is 0 Å². The zero-order chi connectivity index (χ0) is 11.4.